The van der Waals surface area contributed by atoms with E-state index in [2.05, 4.69) is 10.3 Å². The maximum atomic E-state index is 14.2. The Labute approximate surface area is 182 Å². The van der Waals surface area contributed by atoms with Crippen molar-refractivity contribution in [3.05, 3.63) is 71.0 Å². The fourth-order valence-corrected chi connectivity index (χ4v) is 3.56. The standard InChI is InChI=1S/C22H17FN4O3S/c1-14(28)27(19-9-5-3-7-17(19)23)22-25-16(13-31-22)11-15(12-24)21(29)26-18-8-4-6-10-20(18)30-2/h3-11,13H,1-2H3,(H,26,29)/b15-11+. The minimum atomic E-state index is -0.640. The zero-order valence-corrected chi connectivity index (χ0v) is 17.4. The van der Waals surface area contributed by atoms with Crippen molar-refractivity contribution in [1.29, 1.82) is 5.26 Å². The summed E-state index contributed by atoms with van der Waals surface area (Å²) in [5.41, 5.74) is 0.573. The number of para-hydroxylation sites is 3. The lowest BCUT2D eigenvalue weighted by atomic mass is 10.2. The Bertz CT molecular complexity index is 1200. The second kappa shape index (κ2) is 9.65. The molecular weight excluding hydrogens is 419 g/mol. The number of hydrogen-bond acceptors (Lipinski definition) is 6. The number of aromatic nitrogens is 1. The van der Waals surface area contributed by atoms with Crippen molar-refractivity contribution >= 4 is 45.7 Å². The van der Waals surface area contributed by atoms with Crippen LogP contribution in [0.25, 0.3) is 6.08 Å². The molecule has 31 heavy (non-hydrogen) atoms. The highest BCUT2D eigenvalue weighted by Gasteiger charge is 2.21. The summed E-state index contributed by atoms with van der Waals surface area (Å²) in [7, 11) is 1.47. The molecule has 0 spiro atoms. The lowest BCUT2D eigenvalue weighted by molar-refractivity contribution is -0.116. The number of carbonyl (C=O) groups excluding carboxylic acids is 2. The molecule has 1 heterocycles. The van der Waals surface area contributed by atoms with Crippen LogP contribution >= 0.6 is 11.3 Å². The normalized spacial score (nSPS) is 10.8. The Kier molecular flexibility index (Phi) is 6.74. The monoisotopic (exact) mass is 436 g/mol. The van der Waals surface area contributed by atoms with Crippen LogP contribution in [0.3, 0.4) is 0 Å². The number of carbonyl (C=O) groups is 2. The van der Waals surface area contributed by atoms with Crippen LogP contribution in [0.15, 0.2) is 59.5 Å². The van der Waals surface area contributed by atoms with Gasteiger partial charge in [0.15, 0.2) is 5.13 Å². The van der Waals surface area contributed by atoms with E-state index in [0.29, 0.717) is 11.4 Å². The van der Waals surface area contributed by atoms with E-state index in [1.165, 1.54) is 38.3 Å². The number of anilines is 3. The zero-order chi connectivity index (χ0) is 22.4. The van der Waals surface area contributed by atoms with Gasteiger partial charge in [0.25, 0.3) is 5.91 Å². The molecule has 0 aliphatic rings. The Hall–Kier alpha value is -4.03. The molecule has 1 N–H and O–H groups in total. The summed E-state index contributed by atoms with van der Waals surface area (Å²) in [5.74, 6) is -1.19. The highest BCUT2D eigenvalue weighted by Crippen LogP contribution is 2.31. The number of ether oxygens (including phenoxy) is 1. The van der Waals surface area contributed by atoms with Crippen LogP contribution in [0.4, 0.5) is 20.9 Å². The summed E-state index contributed by atoms with van der Waals surface area (Å²) in [6, 6.07) is 14.5. The van der Waals surface area contributed by atoms with E-state index in [1.54, 1.807) is 35.7 Å². The first-order chi connectivity index (χ1) is 14.9. The molecule has 0 saturated heterocycles. The van der Waals surface area contributed by atoms with Crippen LogP contribution < -0.4 is 15.0 Å². The van der Waals surface area contributed by atoms with Crippen LogP contribution in [0.1, 0.15) is 12.6 Å². The molecule has 3 aromatic rings. The lowest BCUT2D eigenvalue weighted by Crippen LogP contribution is -2.23. The van der Waals surface area contributed by atoms with Gasteiger partial charge in [-0.05, 0) is 30.3 Å². The fourth-order valence-electron chi connectivity index (χ4n) is 2.72. The second-order valence-corrected chi connectivity index (χ2v) is 7.02. The molecule has 0 radical (unpaired) electrons. The van der Waals surface area contributed by atoms with E-state index in [1.807, 2.05) is 6.07 Å². The number of thiazole rings is 1. The van der Waals surface area contributed by atoms with Crippen LogP contribution in [-0.4, -0.2) is 23.9 Å². The minimum absolute atomic E-state index is 0.0642. The molecule has 1 aromatic heterocycles. The zero-order valence-electron chi connectivity index (χ0n) is 16.6. The molecule has 0 aliphatic carbocycles. The van der Waals surface area contributed by atoms with Crippen molar-refractivity contribution in [3.63, 3.8) is 0 Å². The van der Waals surface area contributed by atoms with Gasteiger partial charge in [-0.15, -0.1) is 11.3 Å². The smallest absolute Gasteiger partial charge is 0.266 e. The number of benzene rings is 2. The van der Waals surface area contributed by atoms with Gasteiger partial charge >= 0.3 is 0 Å². The van der Waals surface area contributed by atoms with Crippen molar-refractivity contribution < 1.29 is 18.7 Å². The molecule has 0 fully saturated rings. The van der Waals surface area contributed by atoms with Gasteiger partial charge < -0.3 is 10.1 Å². The van der Waals surface area contributed by atoms with Gasteiger partial charge in [-0.25, -0.2) is 9.37 Å². The lowest BCUT2D eigenvalue weighted by Gasteiger charge is -2.18. The number of methoxy groups -OCH3 is 1. The van der Waals surface area contributed by atoms with Gasteiger partial charge in [0.2, 0.25) is 5.91 Å². The third-order valence-electron chi connectivity index (χ3n) is 4.12. The maximum Gasteiger partial charge on any atom is 0.266 e. The average Bonchev–Trinajstić information content (AvgIpc) is 3.21. The molecule has 0 bridgehead atoms. The van der Waals surface area contributed by atoms with Crippen molar-refractivity contribution in [2.45, 2.75) is 6.92 Å². The van der Waals surface area contributed by atoms with Crippen LogP contribution in [0.2, 0.25) is 0 Å². The maximum absolute atomic E-state index is 14.2. The highest BCUT2D eigenvalue weighted by atomic mass is 32.1. The molecule has 0 atom stereocenters. The van der Waals surface area contributed by atoms with Gasteiger partial charge in [-0.2, -0.15) is 5.26 Å². The fraction of sp³-hybridized carbons (Fsp3) is 0.0909. The molecule has 7 nitrogen and oxygen atoms in total. The number of halogens is 1. The van der Waals surface area contributed by atoms with Gasteiger partial charge in [0, 0.05) is 12.3 Å². The molecule has 2 amide bonds. The quantitative estimate of drug-likeness (QED) is 0.453. The molecule has 0 saturated carbocycles. The number of nitrogens with zero attached hydrogens (tertiary/aromatic N) is 3. The van der Waals surface area contributed by atoms with Crippen LogP contribution in [0, 0.1) is 17.1 Å². The minimum Gasteiger partial charge on any atom is -0.495 e. The predicted molar refractivity (Wildman–Crippen MR) is 117 cm³/mol. The largest absolute Gasteiger partial charge is 0.495 e. The Balaban J connectivity index is 1.88. The summed E-state index contributed by atoms with van der Waals surface area (Å²) in [6.45, 7) is 1.30. The van der Waals surface area contributed by atoms with E-state index in [0.717, 1.165) is 16.2 Å². The summed E-state index contributed by atoms with van der Waals surface area (Å²) in [5, 5.41) is 13.8. The predicted octanol–water partition coefficient (Wildman–Crippen LogP) is 4.52. The number of hydrogen-bond donors (Lipinski definition) is 1. The summed E-state index contributed by atoms with van der Waals surface area (Å²) in [4.78, 5) is 30.1. The van der Waals surface area contributed by atoms with Gasteiger partial charge in [0.1, 0.15) is 23.2 Å². The van der Waals surface area contributed by atoms with Crippen LogP contribution in [0.5, 0.6) is 5.75 Å². The molecule has 3 rings (SSSR count). The van der Waals surface area contributed by atoms with Gasteiger partial charge in [-0.1, -0.05) is 24.3 Å². The van der Waals surface area contributed by atoms with Crippen molar-refractivity contribution in [2.24, 2.45) is 0 Å². The van der Waals surface area contributed by atoms with Crippen molar-refractivity contribution in [2.75, 3.05) is 17.3 Å². The molecule has 2 aromatic carbocycles. The number of amides is 2. The third kappa shape index (κ3) is 4.94. The van der Waals surface area contributed by atoms with E-state index < -0.39 is 17.6 Å². The number of nitriles is 1. The van der Waals surface area contributed by atoms with E-state index in [4.69, 9.17) is 4.74 Å². The van der Waals surface area contributed by atoms with Crippen molar-refractivity contribution in [1.82, 2.24) is 4.98 Å². The van der Waals surface area contributed by atoms with Crippen molar-refractivity contribution in [3.8, 4) is 11.8 Å². The molecule has 9 heteroatoms. The van der Waals surface area contributed by atoms with Crippen LogP contribution in [-0.2, 0) is 9.59 Å². The average molecular weight is 436 g/mol. The SMILES string of the molecule is COc1ccccc1NC(=O)/C(C#N)=C/c1csc(N(C(C)=O)c2ccccc2F)n1. The van der Waals surface area contributed by atoms with E-state index in [-0.39, 0.29) is 22.1 Å². The molecular formula is C22H17FN4O3S. The highest BCUT2D eigenvalue weighted by molar-refractivity contribution is 7.14. The first-order valence-corrected chi connectivity index (χ1v) is 9.89. The Morgan fingerprint density at radius 3 is 2.61 bits per heavy atom. The summed E-state index contributed by atoms with van der Waals surface area (Å²) in [6.07, 6.45) is 1.30. The molecule has 156 valence electrons. The van der Waals surface area contributed by atoms with E-state index >= 15 is 0 Å². The Morgan fingerprint density at radius 1 is 1.23 bits per heavy atom. The van der Waals surface area contributed by atoms with Gasteiger partial charge in [0.05, 0.1) is 24.2 Å². The first-order valence-electron chi connectivity index (χ1n) is 9.01. The summed E-state index contributed by atoms with van der Waals surface area (Å²) >= 11 is 1.09. The molecule has 0 aliphatic heterocycles. The van der Waals surface area contributed by atoms with E-state index in [9.17, 15) is 19.2 Å². The Morgan fingerprint density at radius 2 is 1.94 bits per heavy atom. The topological polar surface area (TPSA) is 95.3 Å². The third-order valence-corrected chi connectivity index (χ3v) is 4.97. The van der Waals surface area contributed by atoms with Gasteiger partial charge in [-0.3, -0.25) is 14.5 Å². The first kappa shape index (κ1) is 21.7. The second-order valence-electron chi connectivity index (χ2n) is 6.19. The summed E-state index contributed by atoms with van der Waals surface area (Å²) < 4.78 is 19.4. The number of nitrogens with one attached hydrogen (secondary N) is 1. The molecule has 0 unspecified atom stereocenters. The number of rotatable bonds is 6.